The molecule has 2 rings (SSSR count). The molecule has 0 radical (unpaired) electrons. The second kappa shape index (κ2) is 9.19. The van der Waals surface area contributed by atoms with Crippen LogP contribution in [0.4, 0.5) is 0 Å². The highest BCUT2D eigenvalue weighted by Gasteiger charge is 2.06. The van der Waals surface area contributed by atoms with Crippen LogP contribution in [-0.2, 0) is 5.75 Å². The number of rotatable bonds is 8. The van der Waals surface area contributed by atoms with Crippen molar-refractivity contribution < 1.29 is 0 Å². The summed E-state index contributed by atoms with van der Waals surface area (Å²) in [6.45, 7) is 4.42. The first-order chi connectivity index (χ1) is 10.7. The predicted molar refractivity (Wildman–Crippen MR) is 95.6 cm³/mol. The summed E-state index contributed by atoms with van der Waals surface area (Å²) < 4.78 is 2.01. The summed E-state index contributed by atoms with van der Waals surface area (Å²) in [5.41, 5.74) is 2.69. The summed E-state index contributed by atoms with van der Waals surface area (Å²) in [7, 11) is 0. The van der Waals surface area contributed by atoms with Crippen LogP contribution in [0.15, 0.2) is 32.9 Å². The second-order valence-electron chi connectivity index (χ2n) is 5.13. The van der Waals surface area contributed by atoms with Crippen molar-refractivity contribution in [1.82, 2.24) is 10.2 Å². The van der Waals surface area contributed by atoms with Gasteiger partial charge in [0.2, 0.25) is 0 Å². The Bertz CT molecular complexity index is 614. The summed E-state index contributed by atoms with van der Waals surface area (Å²) >= 11 is 5.06. The van der Waals surface area contributed by atoms with Gasteiger partial charge in [0.25, 0.3) is 0 Å². The van der Waals surface area contributed by atoms with E-state index in [1.54, 1.807) is 34.9 Å². The van der Waals surface area contributed by atoms with E-state index in [4.69, 9.17) is 5.26 Å². The van der Waals surface area contributed by atoms with Gasteiger partial charge >= 0.3 is 0 Å². The molecule has 0 aliphatic carbocycles. The fraction of sp³-hybridized carbons (Fsp3) is 0.438. The van der Waals surface area contributed by atoms with Gasteiger partial charge in [0, 0.05) is 17.9 Å². The number of aromatic nitrogens is 2. The van der Waals surface area contributed by atoms with Crippen LogP contribution in [0.3, 0.4) is 0 Å². The fourth-order valence-electron chi connectivity index (χ4n) is 1.77. The Morgan fingerprint density at radius 1 is 1.14 bits per heavy atom. The largest absolute Gasteiger partial charge is 0.198 e. The first-order valence-electron chi connectivity index (χ1n) is 7.24. The van der Waals surface area contributed by atoms with Gasteiger partial charge in [-0.25, -0.2) is 0 Å². The highest BCUT2D eigenvalue weighted by molar-refractivity contribution is 8.02. The van der Waals surface area contributed by atoms with Crippen LogP contribution in [0.1, 0.15) is 43.7 Å². The lowest BCUT2D eigenvalue weighted by molar-refractivity contribution is 0.866. The molecule has 0 atom stereocenters. The summed E-state index contributed by atoms with van der Waals surface area (Å²) in [6.07, 6.45) is 1.52. The molecule has 0 saturated heterocycles. The van der Waals surface area contributed by atoms with Crippen molar-refractivity contribution in [3.05, 3.63) is 35.4 Å². The van der Waals surface area contributed by atoms with Crippen molar-refractivity contribution in [1.29, 1.82) is 5.26 Å². The maximum absolute atomic E-state index is 8.51. The molecular formula is C16H19N3S3. The van der Waals surface area contributed by atoms with E-state index in [-0.39, 0.29) is 0 Å². The van der Waals surface area contributed by atoms with E-state index in [9.17, 15) is 0 Å². The number of nitriles is 1. The Labute approximate surface area is 144 Å². The molecule has 3 nitrogen and oxygen atoms in total. The third-order valence-electron chi connectivity index (χ3n) is 3.06. The maximum Gasteiger partial charge on any atom is 0.175 e. The van der Waals surface area contributed by atoms with Crippen LogP contribution in [0.5, 0.6) is 0 Å². The number of hydrogen-bond acceptors (Lipinski definition) is 6. The molecule has 1 heterocycles. The number of thioether (sulfide) groups is 2. The highest BCUT2D eigenvalue weighted by atomic mass is 32.2. The predicted octanol–water partition coefficient (Wildman–Crippen LogP) is 5.35. The van der Waals surface area contributed by atoms with Gasteiger partial charge in [-0.3, -0.25) is 0 Å². The number of unbranched alkanes of at least 4 members (excludes halogenated alkanes) is 1. The number of nitrogens with zero attached hydrogens (tertiary/aromatic N) is 3. The van der Waals surface area contributed by atoms with Gasteiger partial charge in [-0.15, -0.1) is 10.2 Å². The quantitative estimate of drug-likeness (QED) is 0.475. The van der Waals surface area contributed by atoms with Crippen LogP contribution in [0.2, 0.25) is 0 Å². The summed E-state index contributed by atoms with van der Waals surface area (Å²) in [6, 6.07) is 11.0. The molecule has 22 heavy (non-hydrogen) atoms. The van der Waals surface area contributed by atoms with Gasteiger partial charge in [0.1, 0.15) is 0 Å². The molecule has 2 aromatic rings. The Morgan fingerprint density at radius 2 is 1.82 bits per heavy atom. The Kier molecular flexibility index (Phi) is 7.23. The van der Waals surface area contributed by atoms with E-state index in [1.807, 2.05) is 0 Å². The highest BCUT2D eigenvalue weighted by Crippen LogP contribution is 2.31. The van der Waals surface area contributed by atoms with Crippen LogP contribution in [0, 0.1) is 11.3 Å². The van der Waals surface area contributed by atoms with Gasteiger partial charge < -0.3 is 0 Å². The molecule has 0 saturated carbocycles. The van der Waals surface area contributed by atoms with Gasteiger partial charge in [0.05, 0.1) is 6.07 Å². The Hall–Kier alpha value is -1.03. The molecule has 116 valence electrons. The van der Waals surface area contributed by atoms with Gasteiger partial charge in [-0.05, 0) is 23.5 Å². The van der Waals surface area contributed by atoms with Crippen LogP contribution in [0.25, 0.3) is 0 Å². The topological polar surface area (TPSA) is 49.6 Å². The lowest BCUT2D eigenvalue weighted by atomic mass is 10.0. The number of benzene rings is 1. The average molecular weight is 350 g/mol. The van der Waals surface area contributed by atoms with Crippen molar-refractivity contribution in [3.8, 4) is 6.07 Å². The van der Waals surface area contributed by atoms with Crippen molar-refractivity contribution in [2.45, 2.75) is 47.0 Å². The van der Waals surface area contributed by atoms with Crippen molar-refractivity contribution in [2.24, 2.45) is 0 Å². The van der Waals surface area contributed by atoms with Gasteiger partial charge in [0.15, 0.2) is 8.68 Å². The van der Waals surface area contributed by atoms with Crippen LogP contribution >= 0.6 is 34.9 Å². The second-order valence-corrected chi connectivity index (χ2v) is 8.67. The molecule has 0 amide bonds. The minimum atomic E-state index is 0.575. The third kappa shape index (κ3) is 5.64. The maximum atomic E-state index is 8.51. The van der Waals surface area contributed by atoms with Gasteiger partial charge in [-0.2, -0.15) is 5.26 Å². The molecule has 0 N–H and O–H groups in total. The van der Waals surface area contributed by atoms with Crippen LogP contribution < -0.4 is 0 Å². The average Bonchev–Trinajstić information content (AvgIpc) is 2.98. The molecule has 1 aromatic carbocycles. The smallest absolute Gasteiger partial charge is 0.175 e. The molecule has 0 aliphatic heterocycles. The Balaban J connectivity index is 1.79. The van der Waals surface area contributed by atoms with E-state index >= 15 is 0 Å². The molecule has 0 aliphatic rings. The van der Waals surface area contributed by atoms with Crippen molar-refractivity contribution in [2.75, 3.05) is 5.75 Å². The SMILES string of the molecule is CC(C)c1ccc(CSc2nnc(SCCCC#N)s2)cc1. The molecule has 0 bridgehead atoms. The zero-order valence-corrected chi connectivity index (χ0v) is 15.2. The van der Waals surface area contributed by atoms with Crippen molar-refractivity contribution >= 4 is 34.9 Å². The summed E-state index contributed by atoms with van der Waals surface area (Å²) in [5, 5.41) is 16.9. The molecule has 6 heteroatoms. The first kappa shape index (κ1) is 17.3. The van der Waals surface area contributed by atoms with E-state index < -0.39 is 0 Å². The molecule has 0 unspecified atom stereocenters. The van der Waals surface area contributed by atoms with E-state index in [0.717, 1.165) is 26.6 Å². The zero-order valence-electron chi connectivity index (χ0n) is 12.8. The Morgan fingerprint density at radius 3 is 2.45 bits per heavy atom. The van der Waals surface area contributed by atoms with Crippen LogP contribution in [-0.4, -0.2) is 16.0 Å². The number of hydrogen-bond donors (Lipinski definition) is 0. The minimum Gasteiger partial charge on any atom is -0.198 e. The monoisotopic (exact) mass is 349 g/mol. The lowest BCUT2D eigenvalue weighted by Crippen LogP contribution is -1.87. The van der Waals surface area contributed by atoms with Gasteiger partial charge in [-0.1, -0.05) is 73.0 Å². The molecular weight excluding hydrogens is 330 g/mol. The van der Waals surface area contributed by atoms with E-state index in [0.29, 0.717) is 12.3 Å². The fourth-order valence-corrected chi connectivity index (χ4v) is 4.75. The normalized spacial score (nSPS) is 10.8. The minimum absolute atomic E-state index is 0.575. The molecule has 0 fully saturated rings. The first-order valence-corrected chi connectivity index (χ1v) is 10.0. The summed E-state index contributed by atoms with van der Waals surface area (Å²) in [4.78, 5) is 0. The third-order valence-corrected chi connectivity index (χ3v) is 6.40. The van der Waals surface area contributed by atoms with E-state index in [2.05, 4.69) is 54.4 Å². The zero-order chi connectivity index (χ0) is 15.8. The standard InChI is InChI=1S/C16H19N3S3/c1-12(2)14-7-5-13(6-8-14)11-21-16-19-18-15(22-16)20-10-4-3-9-17/h5-8,12H,3-4,10-11H2,1-2H3. The lowest BCUT2D eigenvalue weighted by Gasteiger charge is -2.05. The van der Waals surface area contributed by atoms with Crippen molar-refractivity contribution in [3.63, 3.8) is 0 Å². The molecule has 0 spiro atoms. The molecule has 1 aromatic heterocycles. The summed E-state index contributed by atoms with van der Waals surface area (Å²) in [5.74, 6) is 2.43. The van der Waals surface area contributed by atoms with E-state index in [1.165, 1.54) is 11.1 Å².